The van der Waals surface area contributed by atoms with Gasteiger partial charge in [0, 0.05) is 24.4 Å². The van der Waals surface area contributed by atoms with Crippen molar-refractivity contribution in [3.63, 3.8) is 0 Å². The van der Waals surface area contributed by atoms with E-state index in [9.17, 15) is 10.4 Å². The summed E-state index contributed by atoms with van der Waals surface area (Å²) in [5, 5.41) is 23.2. The number of anilines is 1. The standard InChI is InChI=1S/C17H15N5O/c1-10-15(9-22(2)21-10)16-7-13(14(8-18)17(19)20-16)11-3-5-12(23)6-4-11/h3-7,9,23H,1-2H3,(H2,19,20). The average Bonchev–Trinajstić information content (AvgIpc) is 2.86. The summed E-state index contributed by atoms with van der Waals surface area (Å²) in [6, 6.07) is 10.6. The van der Waals surface area contributed by atoms with Gasteiger partial charge in [-0.05, 0) is 30.7 Å². The lowest BCUT2D eigenvalue weighted by molar-refractivity contribution is 0.475. The molecule has 6 nitrogen and oxygen atoms in total. The number of nitrogen functional groups attached to an aromatic ring is 1. The molecule has 0 aliphatic carbocycles. The highest BCUT2D eigenvalue weighted by atomic mass is 16.3. The summed E-state index contributed by atoms with van der Waals surface area (Å²) < 4.78 is 1.71. The first kappa shape index (κ1) is 14.6. The molecule has 3 rings (SSSR count). The zero-order chi connectivity index (χ0) is 16.6. The van der Waals surface area contributed by atoms with Gasteiger partial charge < -0.3 is 10.8 Å². The highest BCUT2D eigenvalue weighted by Gasteiger charge is 2.15. The van der Waals surface area contributed by atoms with E-state index in [4.69, 9.17) is 5.73 Å². The van der Waals surface area contributed by atoms with E-state index in [1.54, 1.807) is 28.9 Å². The van der Waals surface area contributed by atoms with Gasteiger partial charge in [0.25, 0.3) is 0 Å². The molecule has 0 aliphatic heterocycles. The van der Waals surface area contributed by atoms with E-state index in [0.29, 0.717) is 16.8 Å². The van der Waals surface area contributed by atoms with Crippen LogP contribution >= 0.6 is 0 Å². The molecule has 1 aromatic carbocycles. The summed E-state index contributed by atoms with van der Waals surface area (Å²) in [4.78, 5) is 4.34. The number of aromatic hydroxyl groups is 1. The summed E-state index contributed by atoms with van der Waals surface area (Å²) in [5.41, 5.74) is 10.1. The molecule has 0 saturated heterocycles. The molecule has 0 bridgehead atoms. The molecule has 114 valence electrons. The van der Waals surface area contributed by atoms with Crippen molar-refractivity contribution in [2.24, 2.45) is 7.05 Å². The molecule has 0 spiro atoms. The molecule has 0 amide bonds. The Balaban J connectivity index is 2.24. The van der Waals surface area contributed by atoms with E-state index >= 15 is 0 Å². The fourth-order valence-electron chi connectivity index (χ4n) is 2.54. The number of aromatic nitrogens is 3. The van der Waals surface area contributed by atoms with E-state index in [-0.39, 0.29) is 11.6 Å². The van der Waals surface area contributed by atoms with Crippen LogP contribution in [0.4, 0.5) is 5.82 Å². The molecule has 0 saturated carbocycles. The fraction of sp³-hybridized carbons (Fsp3) is 0.118. The smallest absolute Gasteiger partial charge is 0.142 e. The summed E-state index contributed by atoms with van der Waals surface area (Å²) in [7, 11) is 1.84. The predicted octanol–water partition coefficient (Wildman–Crippen LogP) is 2.62. The van der Waals surface area contributed by atoms with Gasteiger partial charge in [0.1, 0.15) is 23.2 Å². The number of hydrogen-bond acceptors (Lipinski definition) is 5. The third-order valence-corrected chi connectivity index (χ3v) is 3.63. The van der Waals surface area contributed by atoms with Crippen molar-refractivity contribution in [2.45, 2.75) is 6.92 Å². The molecule has 0 fully saturated rings. The van der Waals surface area contributed by atoms with Crippen LogP contribution in [0.2, 0.25) is 0 Å². The van der Waals surface area contributed by atoms with Gasteiger partial charge in [0.15, 0.2) is 0 Å². The Morgan fingerprint density at radius 3 is 2.48 bits per heavy atom. The topological polar surface area (TPSA) is 101 Å². The number of pyridine rings is 1. The molecular formula is C17H15N5O. The Morgan fingerprint density at radius 2 is 1.91 bits per heavy atom. The van der Waals surface area contributed by atoms with Gasteiger partial charge in [-0.15, -0.1) is 0 Å². The summed E-state index contributed by atoms with van der Waals surface area (Å²) >= 11 is 0. The zero-order valence-electron chi connectivity index (χ0n) is 12.8. The number of phenols is 1. The van der Waals surface area contributed by atoms with E-state index in [1.807, 2.05) is 26.2 Å². The van der Waals surface area contributed by atoms with Crippen molar-refractivity contribution in [3.05, 3.63) is 47.8 Å². The van der Waals surface area contributed by atoms with Gasteiger partial charge in [-0.3, -0.25) is 4.68 Å². The molecule has 0 radical (unpaired) electrons. The third-order valence-electron chi connectivity index (χ3n) is 3.63. The first-order chi connectivity index (χ1) is 11.0. The SMILES string of the molecule is Cc1nn(C)cc1-c1cc(-c2ccc(O)cc2)c(C#N)c(N)n1. The third kappa shape index (κ3) is 2.60. The highest BCUT2D eigenvalue weighted by Crippen LogP contribution is 2.32. The molecule has 2 aromatic heterocycles. The van der Waals surface area contributed by atoms with Gasteiger partial charge in [0.2, 0.25) is 0 Å². The number of rotatable bonds is 2. The first-order valence-electron chi connectivity index (χ1n) is 7.00. The van der Waals surface area contributed by atoms with Crippen LogP contribution in [0.1, 0.15) is 11.3 Å². The molecule has 0 atom stereocenters. The van der Waals surface area contributed by atoms with Crippen LogP contribution in [0.5, 0.6) is 5.75 Å². The van der Waals surface area contributed by atoms with Crippen molar-refractivity contribution >= 4 is 5.82 Å². The normalized spacial score (nSPS) is 10.5. The second kappa shape index (κ2) is 5.46. The Labute approximate surface area is 133 Å². The Hall–Kier alpha value is -3.33. The molecule has 3 N–H and O–H groups in total. The number of phenolic OH excluding ortho intramolecular Hbond substituents is 1. The number of aryl methyl sites for hydroxylation is 2. The van der Waals surface area contributed by atoms with Gasteiger partial charge in [0.05, 0.1) is 11.4 Å². The molecule has 6 heteroatoms. The van der Waals surface area contributed by atoms with Crippen LogP contribution in [-0.4, -0.2) is 19.9 Å². The monoisotopic (exact) mass is 305 g/mol. The lowest BCUT2D eigenvalue weighted by Gasteiger charge is -2.10. The van der Waals surface area contributed by atoms with Crippen LogP contribution in [0.15, 0.2) is 36.5 Å². The van der Waals surface area contributed by atoms with Crippen LogP contribution in [-0.2, 0) is 7.05 Å². The molecule has 3 aromatic rings. The molecule has 23 heavy (non-hydrogen) atoms. The summed E-state index contributed by atoms with van der Waals surface area (Å²) in [6.07, 6.45) is 1.86. The maximum Gasteiger partial charge on any atom is 0.142 e. The molecule has 0 aliphatic rings. The minimum atomic E-state index is 0.164. The van der Waals surface area contributed by atoms with E-state index in [2.05, 4.69) is 16.2 Å². The van der Waals surface area contributed by atoms with Crippen molar-refractivity contribution in [1.82, 2.24) is 14.8 Å². The van der Waals surface area contributed by atoms with E-state index < -0.39 is 0 Å². The number of benzene rings is 1. The first-order valence-corrected chi connectivity index (χ1v) is 7.00. The molecular weight excluding hydrogens is 290 g/mol. The van der Waals surface area contributed by atoms with Crippen molar-refractivity contribution in [1.29, 1.82) is 5.26 Å². The van der Waals surface area contributed by atoms with Crippen LogP contribution < -0.4 is 5.73 Å². The number of nitrogens with zero attached hydrogens (tertiary/aromatic N) is 4. The lowest BCUT2D eigenvalue weighted by atomic mass is 9.98. The maximum atomic E-state index is 9.44. The highest BCUT2D eigenvalue weighted by molar-refractivity contribution is 5.80. The average molecular weight is 305 g/mol. The fourth-order valence-corrected chi connectivity index (χ4v) is 2.54. The quantitative estimate of drug-likeness (QED) is 0.758. The minimum absolute atomic E-state index is 0.164. The lowest BCUT2D eigenvalue weighted by Crippen LogP contribution is -2.00. The van der Waals surface area contributed by atoms with E-state index in [0.717, 1.165) is 16.8 Å². The Bertz CT molecular complexity index is 919. The molecule has 0 unspecified atom stereocenters. The predicted molar refractivity (Wildman–Crippen MR) is 87.4 cm³/mol. The Kier molecular flexibility index (Phi) is 3.47. The van der Waals surface area contributed by atoms with Gasteiger partial charge >= 0.3 is 0 Å². The van der Waals surface area contributed by atoms with Crippen molar-refractivity contribution in [2.75, 3.05) is 5.73 Å². The zero-order valence-corrected chi connectivity index (χ0v) is 12.8. The van der Waals surface area contributed by atoms with Crippen LogP contribution in [0.3, 0.4) is 0 Å². The largest absolute Gasteiger partial charge is 0.508 e. The van der Waals surface area contributed by atoms with Gasteiger partial charge in [-0.25, -0.2) is 4.98 Å². The summed E-state index contributed by atoms with van der Waals surface area (Å²) in [6.45, 7) is 1.89. The number of nitrogens with two attached hydrogens (primary N) is 1. The maximum absolute atomic E-state index is 9.44. The summed E-state index contributed by atoms with van der Waals surface area (Å²) in [5.74, 6) is 0.342. The van der Waals surface area contributed by atoms with Gasteiger partial charge in [-0.2, -0.15) is 10.4 Å². The van der Waals surface area contributed by atoms with Crippen LogP contribution in [0, 0.1) is 18.3 Å². The van der Waals surface area contributed by atoms with Gasteiger partial charge in [-0.1, -0.05) is 12.1 Å². The Morgan fingerprint density at radius 1 is 1.22 bits per heavy atom. The number of hydrogen-bond donors (Lipinski definition) is 2. The minimum Gasteiger partial charge on any atom is -0.508 e. The second-order valence-corrected chi connectivity index (χ2v) is 5.28. The van der Waals surface area contributed by atoms with Crippen LogP contribution in [0.25, 0.3) is 22.4 Å². The molecule has 2 heterocycles. The number of nitriles is 1. The van der Waals surface area contributed by atoms with Crippen molar-refractivity contribution in [3.8, 4) is 34.2 Å². The van der Waals surface area contributed by atoms with E-state index in [1.165, 1.54) is 0 Å². The second-order valence-electron chi connectivity index (χ2n) is 5.28. The van der Waals surface area contributed by atoms with Crippen molar-refractivity contribution < 1.29 is 5.11 Å².